The summed E-state index contributed by atoms with van der Waals surface area (Å²) in [5, 5.41) is 11.5. The first kappa shape index (κ1) is 27.4. The molecular weight excluding hydrogens is 566 g/mol. The minimum Gasteiger partial charge on any atom is -0.354 e. The first-order chi connectivity index (χ1) is 19.7. The molecule has 1 aromatic carbocycles. The van der Waals surface area contributed by atoms with Crippen LogP contribution in [0.2, 0.25) is 0 Å². The second kappa shape index (κ2) is 10.9. The number of sulfonamides is 1. The van der Waals surface area contributed by atoms with Gasteiger partial charge in [0.2, 0.25) is 10.0 Å². The minimum absolute atomic E-state index is 0.00382. The lowest BCUT2D eigenvalue weighted by molar-refractivity contribution is -0.384. The maximum Gasteiger partial charge on any atom is 0.269 e. The summed E-state index contributed by atoms with van der Waals surface area (Å²) in [5.74, 6) is 0.997. The Morgan fingerprint density at radius 3 is 2.49 bits per heavy atom. The zero-order chi connectivity index (χ0) is 28.7. The molecule has 12 nitrogen and oxygen atoms in total. The largest absolute Gasteiger partial charge is 0.354 e. The van der Waals surface area contributed by atoms with Gasteiger partial charge in [-0.05, 0) is 43.2 Å². The number of hydrogen-bond donors (Lipinski definition) is 0. The molecule has 3 aromatic heterocycles. The summed E-state index contributed by atoms with van der Waals surface area (Å²) in [6.45, 7) is 7.11. The topological polar surface area (TPSA) is 135 Å². The monoisotopic (exact) mass is 595 g/mol. The molecule has 214 valence electrons. The average molecular weight is 596 g/mol. The third-order valence-corrected chi connectivity index (χ3v) is 10.7. The van der Waals surface area contributed by atoms with Crippen LogP contribution in [0.1, 0.15) is 16.1 Å². The summed E-state index contributed by atoms with van der Waals surface area (Å²) in [6.07, 6.45) is 1.99. The Balaban J connectivity index is 1.14. The van der Waals surface area contributed by atoms with Gasteiger partial charge in [-0.3, -0.25) is 24.4 Å². The van der Waals surface area contributed by atoms with Crippen LogP contribution in [0.3, 0.4) is 0 Å². The standard InChI is InChI=1S/C27H29N7O5S2/c1-19-3-2-4-24(29-19)31-14-11-30(12-15-31)13-16-32-18-28-26-25(27(32)35)22-9-10-33(17-23(22)40-26)41(38,39)21-7-5-20(6-8-21)34(36)37/h2-8,18H,9-17H2,1H3. The van der Waals surface area contributed by atoms with E-state index in [1.807, 2.05) is 25.1 Å². The number of aromatic nitrogens is 3. The molecule has 0 radical (unpaired) electrons. The molecule has 6 rings (SSSR count). The molecule has 1 fully saturated rings. The van der Waals surface area contributed by atoms with Crippen molar-refractivity contribution in [1.29, 1.82) is 0 Å². The van der Waals surface area contributed by atoms with Crippen molar-refractivity contribution in [1.82, 2.24) is 23.7 Å². The molecule has 0 amide bonds. The number of nitrogens with zero attached hydrogens (tertiary/aromatic N) is 7. The second-order valence-electron chi connectivity index (χ2n) is 10.2. The highest BCUT2D eigenvalue weighted by Crippen LogP contribution is 2.34. The van der Waals surface area contributed by atoms with Gasteiger partial charge in [-0.2, -0.15) is 4.31 Å². The van der Waals surface area contributed by atoms with Crippen molar-refractivity contribution in [3.05, 3.63) is 85.4 Å². The smallest absolute Gasteiger partial charge is 0.269 e. The molecule has 1 saturated heterocycles. The van der Waals surface area contributed by atoms with Crippen LogP contribution in [0.25, 0.3) is 10.2 Å². The quantitative estimate of drug-likeness (QED) is 0.233. The van der Waals surface area contributed by atoms with E-state index in [0.29, 0.717) is 23.2 Å². The SMILES string of the molecule is Cc1cccc(N2CCN(CCn3cnc4sc5c(c4c3=O)CCN(S(=O)(=O)c3ccc([N+](=O)[O-])cc3)C5)CC2)n1. The number of nitro groups is 1. The minimum atomic E-state index is -3.85. The lowest BCUT2D eigenvalue weighted by Gasteiger charge is -2.35. The molecule has 5 heterocycles. The Bertz CT molecular complexity index is 1780. The third-order valence-electron chi connectivity index (χ3n) is 7.70. The number of piperazine rings is 1. The summed E-state index contributed by atoms with van der Waals surface area (Å²) in [6, 6.07) is 10.9. The molecule has 4 aromatic rings. The van der Waals surface area contributed by atoms with Gasteiger partial charge in [-0.15, -0.1) is 11.3 Å². The first-order valence-electron chi connectivity index (χ1n) is 13.4. The van der Waals surface area contributed by atoms with Crippen LogP contribution >= 0.6 is 11.3 Å². The molecule has 0 bridgehead atoms. The fourth-order valence-corrected chi connectivity index (χ4v) is 8.09. The Kier molecular flexibility index (Phi) is 7.32. The Morgan fingerprint density at radius 2 is 1.78 bits per heavy atom. The number of aryl methyl sites for hydroxylation is 1. The Hall–Kier alpha value is -3.72. The van der Waals surface area contributed by atoms with E-state index in [-0.39, 0.29) is 29.2 Å². The molecule has 41 heavy (non-hydrogen) atoms. The van der Waals surface area contributed by atoms with Crippen LogP contribution in [0, 0.1) is 17.0 Å². The molecule has 14 heteroatoms. The van der Waals surface area contributed by atoms with Gasteiger partial charge in [-0.1, -0.05) is 6.07 Å². The Morgan fingerprint density at radius 1 is 1.02 bits per heavy atom. The van der Waals surface area contributed by atoms with Crippen molar-refractivity contribution in [2.75, 3.05) is 44.2 Å². The van der Waals surface area contributed by atoms with Gasteiger partial charge in [0.05, 0.1) is 21.5 Å². The van der Waals surface area contributed by atoms with Crippen molar-refractivity contribution in [3.63, 3.8) is 0 Å². The Labute approximate surface area is 240 Å². The molecule has 0 atom stereocenters. The molecular formula is C27H29N7O5S2. The molecule has 2 aliphatic rings. The van der Waals surface area contributed by atoms with Crippen LogP contribution in [0.5, 0.6) is 0 Å². The highest BCUT2D eigenvalue weighted by atomic mass is 32.2. The highest BCUT2D eigenvalue weighted by Gasteiger charge is 2.32. The van der Waals surface area contributed by atoms with Crippen molar-refractivity contribution in [2.45, 2.75) is 31.3 Å². The van der Waals surface area contributed by atoms with E-state index >= 15 is 0 Å². The molecule has 0 spiro atoms. The number of anilines is 1. The zero-order valence-corrected chi connectivity index (χ0v) is 24.1. The molecule has 0 saturated carbocycles. The van der Waals surface area contributed by atoms with Crippen LogP contribution in [0.15, 0.2) is 58.5 Å². The molecule has 2 aliphatic heterocycles. The number of rotatable bonds is 7. The van der Waals surface area contributed by atoms with E-state index in [9.17, 15) is 23.3 Å². The lowest BCUT2D eigenvalue weighted by Crippen LogP contribution is -2.47. The molecule has 0 unspecified atom stereocenters. The van der Waals surface area contributed by atoms with E-state index in [0.717, 1.165) is 54.7 Å². The first-order valence-corrected chi connectivity index (χ1v) is 15.6. The normalized spacial score (nSPS) is 16.7. The second-order valence-corrected chi connectivity index (χ2v) is 13.3. The van der Waals surface area contributed by atoms with Crippen LogP contribution in [-0.4, -0.2) is 76.3 Å². The van der Waals surface area contributed by atoms with Crippen molar-refractivity contribution in [2.24, 2.45) is 0 Å². The number of fused-ring (bicyclic) bond motifs is 3. The maximum absolute atomic E-state index is 13.5. The third kappa shape index (κ3) is 5.35. The van der Waals surface area contributed by atoms with Crippen molar-refractivity contribution >= 4 is 43.1 Å². The van der Waals surface area contributed by atoms with Crippen LogP contribution < -0.4 is 10.5 Å². The number of benzene rings is 1. The average Bonchev–Trinajstić information content (AvgIpc) is 3.36. The summed E-state index contributed by atoms with van der Waals surface area (Å²) >= 11 is 1.35. The fourth-order valence-electron chi connectivity index (χ4n) is 5.40. The van der Waals surface area contributed by atoms with Gasteiger partial charge < -0.3 is 4.90 Å². The van der Waals surface area contributed by atoms with Crippen molar-refractivity contribution < 1.29 is 13.3 Å². The number of nitro benzene ring substituents is 1. The summed E-state index contributed by atoms with van der Waals surface area (Å²) in [5.41, 5.74) is 1.60. The van der Waals surface area contributed by atoms with Gasteiger partial charge in [0.25, 0.3) is 11.2 Å². The van der Waals surface area contributed by atoms with Gasteiger partial charge in [0, 0.05) is 75.1 Å². The summed E-state index contributed by atoms with van der Waals surface area (Å²) in [4.78, 5) is 39.1. The molecule has 0 aliphatic carbocycles. The van der Waals surface area contributed by atoms with Gasteiger partial charge in [0.1, 0.15) is 10.6 Å². The van der Waals surface area contributed by atoms with E-state index in [2.05, 4.69) is 19.8 Å². The van der Waals surface area contributed by atoms with E-state index in [1.165, 1.54) is 39.9 Å². The van der Waals surface area contributed by atoms with Crippen LogP contribution in [0.4, 0.5) is 11.5 Å². The zero-order valence-electron chi connectivity index (χ0n) is 22.5. The number of pyridine rings is 1. The number of non-ortho nitro benzene ring substituents is 1. The van der Waals surface area contributed by atoms with Crippen molar-refractivity contribution in [3.8, 4) is 0 Å². The van der Waals surface area contributed by atoms with Gasteiger partial charge in [0.15, 0.2) is 0 Å². The van der Waals surface area contributed by atoms with E-state index < -0.39 is 14.9 Å². The van der Waals surface area contributed by atoms with Gasteiger partial charge in [-0.25, -0.2) is 18.4 Å². The number of hydrogen-bond acceptors (Lipinski definition) is 10. The summed E-state index contributed by atoms with van der Waals surface area (Å²) in [7, 11) is -3.85. The predicted molar refractivity (Wildman–Crippen MR) is 156 cm³/mol. The predicted octanol–water partition coefficient (Wildman–Crippen LogP) is 2.64. The highest BCUT2D eigenvalue weighted by molar-refractivity contribution is 7.89. The number of thiophene rings is 1. The summed E-state index contributed by atoms with van der Waals surface area (Å²) < 4.78 is 29.5. The lowest BCUT2D eigenvalue weighted by atomic mass is 10.1. The van der Waals surface area contributed by atoms with E-state index in [4.69, 9.17) is 0 Å². The van der Waals surface area contributed by atoms with E-state index in [1.54, 1.807) is 10.9 Å². The maximum atomic E-state index is 13.5. The van der Waals surface area contributed by atoms with Gasteiger partial charge >= 0.3 is 0 Å². The fraction of sp³-hybridized carbons (Fsp3) is 0.370. The molecule has 0 N–H and O–H groups in total. The van der Waals surface area contributed by atoms with Crippen LogP contribution in [-0.2, 0) is 29.5 Å².